The zero-order valence-electron chi connectivity index (χ0n) is 12.3. The van der Waals surface area contributed by atoms with E-state index in [2.05, 4.69) is 40.5 Å². The van der Waals surface area contributed by atoms with Crippen molar-refractivity contribution in [1.82, 2.24) is 9.97 Å². The Labute approximate surface area is 125 Å². The van der Waals surface area contributed by atoms with E-state index in [1.165, 1.54) is 0 Å². The van der Waals surface area contributed by atoms with Crippen LogP contribution in [0.25, 0.3) is 0 Å². The number of nitrogens with one attached hydrogen (secondary N) is 2. The van der Waals surface area contributed by atoms with Crippen LogP contribution in [0.4, 0.5) is 17.5 Å². The second kappa shape index (κ2) is 7.25. The number of benzene rings is 1. The molecule has 1 aromatic heterocycles. The van der Waals surface area contributed by atoms with Crippen LogP contribution in [0.3, 0.4) is 0 Å². The van der Waals surface area contributed by atoms with Crippen LogP contribution in [0, 0.1) is 17.2 Å². The fourth-order valence-electron chi connectivity index (χ4n) is 1.81. The molecule has 0 bridgehead atoms. The summed E-state index contributed by atoms with van der Waals surface area (Å²) in [5, 5.41) is 15.4. The van der Waals surface area contributed by atoms with Gasteiger partial charge < -0.3 is 10.6 Å². The molecule has 21 heavy (non-hydrogen) atoms. The number of nitrogens with zero attached hydrogens (tertiary/aromatic N) is 3. The average molecular weight is 281 g/mol. The Hall–Kier alpha value is -2.61. The Kier molecular flexibility index (Phi) is 5.10. The second-order valence-corrected chi connectivity index (χ2v) is 5.16. The zero-order chi connectivity index (χ0) is 15.1. The third kappa shape index (κ3) is 4.46. The first-order valence-corrected chi connectivity index (χ1v) is 7.02. The van der Waals surface area contributed by atoms with Crippen molar-refractivity contribution in [2.45, 2.75) is 20.3 Å². The van der Waals surface area contributed by atoms with Gasteiger partial charge in [-0.25, -0.2) is 4.98 Å². The van der Waals surface area contributed by atoms with Crippen LogP contribution in [-0.2, 0) is 0 Å². The van der Waals surface area contributed by atoms with E-state index in [0.29, 0.717) is 23.2 Å². The van der Waals surface area contributed by atoms with Gasteiger partial charge in [0.1, 0.15) is 11.9 Å². The van der Waals surface area contributed by atoms with Crippen LogP contribution < -0.4 is 10.6 Å². The minimum atomic E-state index is 0.588. The largest absolute Gasteiger partial charge is 0.354 e. The molecule has 1 aromatic carbocycles. The van der Waals surface area contributed by atoms with E-state index in [1.54, 1.807) is 18.3 Å². The molecule has 0 unspecified atom stereocenters. The van der Waals surface area contributed by atoms with Gasteiger partial charge in [0.2, 0.25) is 5.95 Å². The van der Waals surface area contributed by atoms with Crippen LogP contribution in [0.2, 0.25) is 0 Å². The average Bonchev–Trinajstić information content (AvgIpc) is 2.48. The molecule has 2 N–H and O–H groups in total. The van der Waals surface area contributed by atoms with Gasteiger partial charge in [0, 0.05) is 12.7 Å². The van der Waals surface area contributed by atoms with Crippen molar-refractivity contribution >= 4 is 17.5 Å². The van der Waals surface area contributed by atoms with Crippen LogP contribution in [0.15, 0.2) is 36.5 Å². The minimum absolute atomic E-state index is 0.588. The monoisotopic (exact) mass is 281 g/mol. The Morgan fingerprint density at radius 3 is 2.81 bits per heavy atom. The van der Waals surface area contributed by atoms with Gasteiger partial charge in [0.05, 0.1) is 11.3 Å². The highest BCUT2D eigenvalue weighted by Gasteiger charge is 2.03. The standard InChI is InChI=1S/C16H19N5/c1-12(2)7-9-18-16-19-10-8-15(21-16)20-14-6-4-3-5-13(14)11-17/h3-6,8,10,12H,7,9H2,1-2H3,(H2,18,19,20,21). The SMILES string of the molecule is CC(C)CCNc1nccc(Nc2ccccc2C#N)n1. The van der Waals surface area contributed by atoms with E-state index in [-0.39, 0.29) is 0 Å². The summed E-state index contributed by atoms with van der Waals surface area (Å²) in [6, 6.07) is 11.3. The number of hydrogen-bond donors (Lipinski definition) is 2. The number of aromatic nitrogens is 2. The molecular formula is C16H19N5. The number of hydrogen-bond acceptors (Lipinski definition) is 5. The van der Waals surface area contributed by atoms with Crippen molar-refractivity contribution in [2.75, 3.05) is 17.2 Å². The van der Waals surface area contributed by atoms with Crippen LogP contribution in [0.5, 0.6) is 0 Å². The topological polar surface area (TPSA) is 73.6 Å². The number of nitriles is 1. The quantitative estimate of drug-likeness (QED) is 0.847. The van der Waals surface area contributed by atoms with E-state index < -0.39 is 0 Å². The summed E-state index contributed by atoms with van der Waals surface area (Å²) in [5.41, 5.74) is 1.33. The van der Waals surface area contributed by atoms with E-state index in [9.17, 15) is 0 Å². The first kappa shape index (κ1) is 14.8. The molecular weight excluding hydrogens is 262 g/mol. The maximum Gasteiger partial charge on any atom is 0.224 e. The molecule has 0 atom stereocenters. The molecule has 5 heteroatoms. The van der Waals surface area contributed by atoms with Gasteiger partial charge in [0.25, 0.3) is 0 Å². The van der Waals surface area contributed by atoms with Gasteiger partial charge in [-0.15, -0.1) is 0 Å². The Morgan fingerprint density at radius 2 is 2.05 bits per heavy atom. The number of para-hydroxylation sites is 1. The van der Waals surface area contributed by atoms with Crippen molar-refractivity contribution in [2.24, 2.45) is 5.92 Å². The van der Waals surface area contributed by atoms with Gasteiger partial charge >= 0.3 is 0 Å². The summed E-state index contributed by atoms with van der Waals surface area (Å²) in [7, 11) is 0. The fourth-order valence-corrected chi connectivity index (χ4v) is 1.81. The Morgan fingerprint density at radius 1 is 1.24 bits per heavy atom. The van der Waals surface area contributed by atoms with Gasteiger partial charge in [0.15, 0.2) is 0 Å². The molecule has 0 amide bonds. The Bertz CT molecular complexity index is 631. The van der Waals surface area contributed by atoms with Gasteiger partial charge in [-0.3, -0.25) is 0 Å². The first-order chi connectivity index (χ1) is 10.2. The molecule has 1 heterocycles. The summed E-state index contributed by atoms with van der Waals surface area (Å²) >= 11 is 0. The molecule has 0 aliphatic heterocycles. The van der Waals surface area contributed by atoms with Crippen molar-refractivity contribution in [1.29, 1.82) is 5.26 Å². The van der Waals surface area contributed by atoms with E-state index in [1.807, 2.05) is 18.2 Å². The molecule has 0 aliphatic carbocycles. The van der Waals surface area contributed by atoms with E-state index in [0.717, 1.165) is 18.7 Å². The van der Waals surface area contributed by atoms with Gasteiger partial charge in [-0.05, 0) is 30.5 Å². The lowest BCUT2D eigenvalue weighted by Crippen LogP contribution is -2.08. The molecule has 2 rings (SSSR count). The minimum Gasteiger partial charge on any atom is -0.354 e. The third-order valence-electron chi connectivity index (χ3n) is 2.97. The fraction of sp³-hybridized carbons (Fsp3) is 0.312. The Balaban J connectivity index is 2.06. The predicted molar refractivity (Wildman–Crippen MR) is 84.4 cm³/mol. The summed E-state index contributed by atoms with van der Waals surface area (Å²) in [6.07, 6.45) is 2.76. The molecule has 0 spiro atoms. The van der Waals surface area contributed by atoms with Crippen molar-refractivity contribution in [3.63, 3.8) is 0 Å². The van der Waals surface area contributed by atoms with Gasteiger partial charge in [-0.1, -0.05) is 26.0 Å². The second-order valence-electron chi connectivity index (χ2n) is 5.16. The van der Waals surface area contributed by atoms with Crippen molar-refractivity contribution in [3.05, 3.63) is 42.1 Å². The molecule has 108 valence electrons. The summed E-state index contributed by atoms with van der Waals surface area (Å²) in [4.78, 5) is 8.59. The van der Waals surface area contributed by atoms with Crippen LogP contribution in [0.1, 0.15) is 25.8 Å². The van der Waals surface area contributed by atoms with Gasteiger partial charge in [-0.2, -0.15) is 10.2 Å². The van der Waals surface area contributed by atoms with Crippen molar-refractivity contribution in [3.8, 4) is 6.07 Å². The smallest absolute Gasteiger partial charge is 0.224 e. The van der Waals surface area contributed by atoms with Crippen molar-refractivity contribution < 1.29 is 0 Å². The zero-order valence-corrected chi connectivity index (χ0v) is 12.3. The number of rotatable bonds is 6. The molecule has 5 nitrogen and oxygen atoms in total. The van der Waals surface area contributed by atoms with E-state index in [4.69, 9.17) is 5.26 Å². The summed E-state index contributed by atoms with van der Waals surface area (Å²) < 4.78 is 0. The lowest BCUT2D eigenvalue weighted by atomic mass is 10.1. The highest BCUT2D eigenvalue weighted by molar-refractivity contribution is 5.64. The first-order valence-electron chi connectivity index (χ1n) is 7.02. The maximum absolute atomic E-state index is 9.08. The summed E-state index contributed by atoms with van der Waals surface area (Å²) in [5.74, 6) is 1.90. The maximum atomic E-state index is 9.08. The number of anilines is 3. The molecule has 0 aliphatic rings. The third-order valence-corrected chi connectivity index (χ3v) is 2.97. The van der Waals surface area contributed by atoms with Crippen LogP contribution in [-0.4, -0.2) is 16.5 Å². The lowest BCUT2D eigenvalue weighted by Gasteiger charge is -2.10. The molecule has 0 fully saturated rings. The molecule has 0 saturated carbocycles. The molecule has 2 aromatic rings. The summed E-state index contributed by atoms with van der Waals surface area (Å²) in [6.45, 7) is 5.20. The lowest BCUT2D eigenvalue weighted by molar-refractivity contribution is 0.606. The normalized spacial score (nSPS) is 10.2. The van der Waals surface area contributed by atoms with Crippen LogP contribution >= 0.6 is 0 Å². The predicted octanol–water partition coefficient (Wildman–Crippen LogP) is 3.55. The highest BCUT2D eigenvalue weighted by atomic mass is 15.1. The molecule has 0 radical (unpaired) electrons. The highest BCUT2D eigenvalue weighted by Crippen LogP contribution is 2.19. The molecule has 0 saturated heterocycles. The van der Waals surface area contributed by atoms with E-state index >= 15 is 0 Å².